The van der Waals surface area contributed by atoms with E-state index in [1.54, 1.807) is 6.33 Å². The molecule has 0 aliphatic heterocycles. The second-order valence-corrected chi connectivity index (χ2v) is 5.50. The van der Waals surface area contributed by atoms with Crippen LogP contribution in [0.2, 0.25) is 0 Å². The van der Waals surface area contributed by atoms with Crippen LogP contribution in [0.1, 0.15) is 6.42 Å². The molecule has 112 valence electrons. The molecule has 0 fully saturated rings. The Morgan fingerprint density at radius 2 is 2.10 bits per heavy atom. The van der Waals surface area contributed by atoms with Crippen LogP contribution in [0.5, 0.6) is 0 Å². The van der Waals surface area contributed by atoms with Gasteiger partial charge in [-0.25, -0.2) is 4.98 Å². The number of benzene rings is 1. The lowest BCUT2D eigenvalue weighted by Crippen LogP contribution is -2.27. The fourth-order valence-corrected chi connectivity index (χ4v) is 2.51. The van der Waals surface area contributed by atoms with Gasteiger partial charge in [0.25, 0.3) is 0 Å². The highest BCUT2D eigenvalue weighted by Gasteiger charge is 2.04. The van der Waals surface area contributed by atoms with E-state index in [9.17, 15) is 9.59 Å². The Morgan fingerprint density at radius 1 is 1.29 bits per heavy atom. The van der Waals surface area contributed by atoms with E-state index in [1.807, 2.05) is 24.3 Å². The van der Waals surface area contributed by atoms with E-state index in [-0.39, 0.29) is 17.4 Å². The van der Waals surface area contributed by atoms with Crippen LogP contribution in [-0.2, 0) is 16.1 Å². The summed E-state index contributed by atoms with van der Waals surface area (Å²) < 4.78 is 2.06. The van der Waals surface area contributed by atoms with E-state index < -0.39 is 5.97 Å². The molecule has 1 aromatic carbocycles. The van der Waals surface area contributed by atoms with Crippen molar-refractivity contribution in [3.63, 3.8) is 0 Å². The summed E-state index contributed by atoms with van der Waals surface area (Å²) in [5.74, 6) is -0.897. The highest BCUT2D eigenvalue weighted by molar-refractivity contribution is 8.00. The lowest BCUT2D eigenvalue weighted by molar-refractivity contribution is -0.133. The van der Waals surface area contributed by atoms with Gasteiger partial charge in [0, 0.05) is 13.1 Å². The van der Waals surface area contributed by atoms with Crippen molar-refractivity contribution in [3.05, 3.63) is 30.6 Å². The molecule has 0 saturated heterocycles. The summed E-state index contributed by atoms with van der Waals surface area (Å²) in [6.07, 6.45) is 2.60. The molecule has 0 saturated carbocycles. The van der Waals surface area contributed by atoms with Gasteiger partial charge in [0.1, 0.15) is 0 Å². The Hall–Kier alpha value is -2.02. The van der Waals surface area contributed by atoms with Crippen LogP contribution in [0.4, 0.5) is 0 Å². The van der Waals surface area contributed by atoms with Crippen LogP contribution in [0.3, 0.4) is 0 Å². The van der Waals surface area contributed by atoms with Crippen LogP contribution < -0.4 is 5.32 Å². The molecule has 1 amide bonds. The van der Waals surface area contributed by atoms with E-state index in [4.69, 9.17) is 5.11 Å². The van der Waals surface area contributed by atoms with Crippen molar-refractivity contribution in [1.82, 2.24) is 14.9 Å². The summed E-state index contributed by atoms with van der Waals surface area (Å²) in [7, 11) is 0. The number of para-hydroxylation sites is 2. The number of nitrogens with zero attached hydrogens (tertiary/aromatic N) is 2. The van der Waals surface area contributed by atoms with Gasteiger partial charge < -0.3 is 15.0 Å². The van der Waals surface area contributed by atoms with Crippen molar-refractivity contribution in [2.24, 2.45) is 0 Å². The number of carboxylic acid groups (broad SMARTS) is 1. The molecule has 2 N–H and O–H groups in total. The Balaban J connectivity index is 1.68. The van der Waals surface area contributed by atoms with Crippen molar-refractivity contribution in [1.29, 1.82) is 0 Å². The lowest BCUT2D eigenvalue weighted by Gasteiger charge is -2.06. The number of aryl methyl sites for hydroxylation is 1. The second-order valence-electron chi connectivity index (χ2n) is 4.52. The molecule has 21 heavy (non-hydrogen) atoms. The molecular weight excluding hydrogens is 290 g/mol. The van der Waals surface area contributed by atoms with Crippen LogP contribution >= 0.6 is 11.8 Å². The first-order valence-electron chi connectivity index (χ1n) is 6.63. The molecular formula is C14H17N3O3S. The monoisotopic (exact) mass is 307 g/mol. The van der Waals surface area contributed by atoms with E-state index in [1.165, 1.54) is 0 Å². The zero-order chi connectivity index (χ0) is 15.1. The van der Waals surface area contributed by atoms with Crippen LogP contribution in [-0.4, -0.2) is 44.6 Å². The summed E-state index contributed by atoms with van der Waals surface area (Å²) in [6.45, 7) is 1.35. The number of carbonyl (C=O) groups excluding carboxylic acids is 1. The second kappa shape index (κ2) is 7.68. The standard InChI is InChI=1S/C14H17N3O3S/c18-13(8-21-9-14(19)20)15-6-3-7-17-10-16-11-4-1-2-5-12(11)17/h1-2,4-5,10H,3,6-9H2,(H,15,18)(H,19,20). The normalized spacial score (nSPS) is 10.7. The van der Waals surface area contributed by atoms with E-state index in [0.29, 0.717) is 6.54 Å². The molecule has 2 rings (SSSR count). The van der Waals surface area contributed by atoms with E-state index >= 15 is 0 Å². The van der Waals surface area contributed by atoms with Crippen LogP contribution in [0.15, 0.2) is 30.6 Å². The number of thioether (sulfide) groups is 1. The smallest absolute Gasteiger partial charge is 0.313 e. The number of aromatic nitrogens is 2. The molecule has 0 aliphatic carbocycles. The van der Waals surface area contributed by atoms with Crippen molar-refractivity contribution >= 4 is 34.7 Å². The molecule has 0 unspecified atom stereocenters. The first-order chi connectivity index (χ1) is 10.2. The highest BCUT2D eigenvalue weighted by atomic mass is 32.2. The quantitative estimate of drug-likeness (QED) is 0.719. The van der Waals surface area contributed by atoms with Crippen LogP contribution in [0, 0.1) is 0 Å². The molecule has 0 radical (unpaired) electrons. The molecule has 0 spiro atoms. The molecule has 0 bridgehead atoms. The zero-order valence-electron chi connectivity index (χ0n) is 11.5. The fraction of sp³-hybridized carbons (Fsp3) is 0.357. The Bertz CT molecular complexity index is 627. The van der Waals surface area contributed by atoms with E-state index in [2.05, 4.69) is 14.9 Å². The first-order valence-corrected chi connectivity index (χ1v) is 7.78. The number of aliphatic carboxylic acids is 1. The third-order valence-electron chi connectivity index (χ3n) is 2.88. The zero-order valence-corrected chi connectivity index (χ0v) is 12.3. The molecule has 1 heterocycles. The highest BCUT2D eigenvalue weighted by Crippen LogP contribution is 2.11. The Labute approximate surface area is 126 Å². The topological polar surface area (TPSA) is 84.2 Å². The van der Waals surface area contributed by atoms with Gasteiger partial charge in [-0.1, -0.05) is 12.1 Å². The van der Waals surface area contributed by atoms with Crippen molar-refractivity contribution in [3.8, 4) is 0 Å². The Morgan fingerprint density at radius 3 is 2.90 bits per heavy atom. The molecule has 7 heteroatoms. The average molecular weight is 307 g/mol. The lowest BCUT2D eigenvalue weighted by atomic mass is 10.3. The maximum atomic E-state index is 11.5. The van der Waals surface area contributed by atoms with Gasteiger partial charge in [0.15, 0.2) is 0 Å². The third-order valence-corrected chi connectivity index (χ3v) is 3.80. The van der Waals surface area contributed by atoms with Crippen molar-refractivity contribution in [2.45, 2.75) is 13.0 Å². The minimum absolute atomic E-state index is 0.0472. The molecule has 0 atom stereocenters. The van der Waals surface area contributed by atoms with Crippen LogP contribution in [0.25, 0.3) is 11.0 Å². The van der Waals surface area contributed by atoms with Gasteiger partial charge in [-0.15, -0.1) is 11.8 Å². The predicted molar refractivity (Wildman–Crippen MR) is 82.3 cm³/mol. The predicted octanol–water partition coefficient (Wildman–Crippen LogP) is 1.36. The maximum Gasteiger partial charge on any atom is 0.313 e. The van der Waals surface area contributed by atoms with Gasteiger partial charge in [0.05, 0.1) is 28.9 Å². The molecule has 1 aromatic heterocycles. The van der Waals surface area contributed by atoms with Gasteiger partial charge in [-0.2, -0.15) is 0 Å². The minimum Gasteiger partial charge on any atom is -0.481 e. The summed E-state index contributed by atoms with van der Waals surface area (Å²) in [5, 5.41) is 11.3. The van der Waals surface area contributed by atoms with Gasteiger partial charge >= 0.3 is 5.97 Å². The fourth-order valence-electron chi connectivity index (χ4n) is 1.95. The number of carboxylic acids is 1. The summed E-state index contributed by atoms with van der Waals surface area (Å²) in [4.78, 5) is 26.1. The first kappa shape index (κ1) is 15.4. The molecule has 2 aromatic rings. The SMILES string of the molecule is O=C(O)CSCC(=O)NCCCn1cnc2ccccc21. The van der Waals surface area contributed by atoms with Gasteiger partial charge in [-0.05, 0) is 18.6 Å². The maximum absolute atomic E-state index is 11.5. The van der Waals surface area contributed by atoms with E-state index in [0.717, 1.165) is 35.8 Å². The van der Waals surface area contributed by atoms with Crippen molar-refractivity contribution < 1.29 is 14.7 Å². The number of rotatable bonds is 8. The van der Waals surface area contributed by atoms with Gasteiger partial charge in [-0.3, -0.25) is 9.59 Å². The number of carbonyl (C=O) groups is 2. The summed E-state index contributed by atoms with van der Waals surface area (Å²) >= 11 is 1.10. The average Bonchev–Trinajstić information content (AvgIpc) is 2.86. The number of amides is 1. The summed E-state index contributed by atoms with van der Waals surface area (Å²) in [5.41, 5.74) is 2.05. The van der Waals surface area contributed by atoms with Gasteiger partial charge in [0.2, 0.25) is 5.91 Å². The number of imidazole rings is 1. The number of hydrogen-bond donors (Lipinski definition) is 2. The number of hydrogen-bond acceptors (Lipinski definition) is 4. The van der Waals surface area contributed by atoms with Crippen molar-refractivity contribution in [2.75, 3.05) is 18.1 Å². The molecule has 0 aliphatic rings. The third kappa shape index (κ3) is 4.78. The molecule has 6 nitrogen and oxygen atoms in total. The Kier molecular flexibility index (Phi) is 5.62. The summed E-state index contributed by atoms with van der Waals surface area (Å²) in [6, 6.07) is 7.91. The minimum atomic E-state index is -0.903. The largest absolute Gasteiger partial charge is 0.481 e. The number of fused-ring (bicyclic) bond motifs is 1. The number of nitrogens with one attached hydrogen (secondary N) is 1.